The molecule has 1 aromatic carbocycles. The Bertz CT molecular complexity index is 1380. The minimum atomic E-state index is -0.500. The molecular formula is C26H29ClFN5O3. The molecule has 0 spiro atoms. The van der Waals surface area contributed by atoms with E-state index in [1.807, 2.05) is 25.7 Å². The van der Waals surface area contributed by atoms with Gasteiger partial charge < -0.3 is 14.5 Å². The van der Waals surface area contributed by atoms with Gasteiger partial charge in [-0.25, -0.2) is 14.2 Å². The predicted octanol–water partition coefficient (Wildman–Crippen LogP) is 4.07. The monoisotopic (exact) mass is 513 g/mol. The van der Waals surface area contributed by atoms with Crippen molar-refractivity contribution in [2.75, 3.05) is 31.6 Å². The average molecular weight is 514 g/mol. The van der Waals surface area contributed by atoms with Crippen LogP contribution in [0, 0.1) is 5.82 Å². The van der Waals surface area contributed by atoms with Crippen LogP contribution in [0.4, 0.5) is 10.2 Å². The van der Waals surface area contributed by atoms with E-state index < -0.39 is 17.5 Å². The van der Waals surface area contributed by atoms with Crippen molar-refractivity contribution in [1.29, 1.82) is 0 Å². The van der Waals surface area contributed by atoms with Crippen LogP contribution in [0.25, 0.3) is 22.3 Å². The van der Waals surface area contributed by atoms with Gasteiger partial charge in [-0.2, -0.15) is 4.98 Å². The molecule has 10 heteroatoms. The van der Waals surface area contributed by atoms with Gasteiger partial charge in [-0.1, -0.05) is 30.3 Å². The molecule has 8 nitrogen and oxygen atoms in total. The van der Waals surface area contributed by atoms with Gasteiger partial charge in [0.15, 0.2) is 0 Å². The average Bonchev–Trinajstić information content (AvgIpc) is 2.87. The van der Waals surface area contributed by atoms with Crippen molar-refractivity contribution in [3.05, 3.63) is 64.3 Å². The number of piperazine rings is 1. The van der Waals surface area contributed by atoms with Crippen LogP contribution in [0.2, 0.25) is 5.02 Å². The molecule has 190 valence electrons. The van der Waals surface area contributed by atoms with Gasteiger partial charge in [0.05, 0.1) is 28.2 Å². The van der Waals surface area contributed by atoms with E-state index in [-0.39, 0.29) is 34.3 Å². The maximum Gasteiger partial charge on any atom is 0.351 e. The molecule has 0 saturated carbocycles. The Morgan fingerprint density at radius 1 is 1.28 bits per heavy atom. The minimum absolute atomic E-state index is 0.131. The number of rotatable bonds is 6. The molecule has 1 fully saturated rings. The molecule has 1 saturated heterocycles. The summed E-state index contributed by atoms with van der Waals surface area (Å²) in [4.78, 5) is 38.4. The number of carbonyl (C=O) groups excluding carboxylic acids is 1. The Balaban J connectivity index is 1.94. The van der Waals surface area contributed by atoms with Crippen LogP contribution in [-0.4, -0.2) is 64.2 Å². The number of hydrogen-bond donors (Lipinski definition) is 0. The number of anilines is 1. The number of halogens is 2. The molecule has 1 aliphatic heterocycles. The van der Waals surface area contributed by atoms with Gasteiger partial charge >= 0.3 is 5.69 Å². The summed E-state index contributed by atoms with van der Waals surface area (Å²) >= 11 is 6.65. The second kappa shape index (κ2) is 10.4. The zero-order valence-electron chi connectivity index (χ0n) is 20.7. The maximum atomic E-state index is 14.7. The summed E-state index contributed by atoms with van der Waals surface area (Å²) in [6.45, 7) is 10.6. The first-order valence-electron chi connectivity index (χ1n) is 11.8. The van der Waals surface area contributed by atoms with E-state index in [2.05, 4.69) is 11.6 Å². The lowest BCUT2D eigenvalue weighted by molar-refractivity contribution is -0.126. The first-order chi connectivity index (χ1) is 17.2. The Hall–Kier alpha value is -3.30. The highest BCUT2D eigenvalue weighted by molar-refractivity contribution is 6.33. The number of nitrogens with zero attached hydrogens (tertiary/aromatic N) is 5. The van der Waals surface area contributed by atoms with Crippen molar-refractivity contribution < 1.29 is 13.9 Å². The molecule has 0 bridgehead atoms. The maximum absolute atomic E-state index is 14.7. The number of pyridine rings is 1. The molecule has 0 aliphatic carbocycles. The lowest BCUT2D eigenvalue weighted by atomic mass is 10.1. The summed E-state index contributed by atoms with van der Waals surface area (Å²) in [5.74, 6) is -0.183. The Labute approximate surface area is 214 Å². The quantitative estimate of drug-likeness (QED) is 0.462. The van der Waals surface area contributed by atoms with Gasteiger partial charge in [0.2, 0.25) is 5.91 Å². The van der Waals surface area contributed by atoms with Crippen LogP contribution in [-0.2, 0) is 9.53 Å². The highest BCUT2D eigenvalue weighted by Crippen LogP contribution is 2.35. The van der Waals surface area contributed by atoms with Crippen LogP contribution in [0.5, 0.6) is 0 Å². The van der Waals surface area contributed by atoms with Gasteiger partial charge in [0.25, 0.3) is 0 Å². The van der Waals surface area contributed by atoms with Crippen LogP contribution < -0.4 is 10.6 Å². The van der Waals surface area contributed by atoms with Crippen LogP contribution >= 0.6 is 11.6 Å². The van der Waals surface area contributed by atoms with Gasteiger partial charge in [-0.3, -0.25) is 9.36 Å². The molecule has 3 aromatic rings. The molecule has 1 amide bonds. The van der Waals surface area contributed by atoms with Crippen molar-refractivity contribution in [2.45, 2.75) is 39.0 Å². The summed E-state index contributed by atoms with van der Waals surface area (Å²) < 4.78 is 21.6. The van der Waals surface area contributed by atoms with Crippen molar-refractivity contribution in [2.24, 2.45) is 0 Å². The summed E-state index contributed by atoms with van der Waals surface area (Å²) in [6, 6.07) is 7.37. The van der Waals surface area contributed by atoms with Gasteiger partial charge in [-0.05, 0) is 45.0 Å². The van der Waals surface area contributed by atoms with Crippen molar-refractivity contribution in [3.8, 4) is 11.3 Å². The fourth-order valence-corrected chi connectivity index (χ4v) is 4.81. The van der Waals surface area contributed by atoms with E-state index in [0.29, 0.717) is 36.5 Å². The van der Waals surface area contributed by atoms with Crippen LogP contribution in [0.3, 0.4) is 0 Å². The van der Waals surface area contributed by atoms with Gasteiger partial charge in [0.1, 0.15) is 17.3 Å². The van der Waals surface area contributed by atoms with Crippen molar-refractivity contribution in [1.82, 2.24) is 19.4 Å². The summed E-state index contributed by atoms with van der Waals surface area (Å²) in [7, 11) is 1.57. The predicted molar refractivity (Wildman–Crippen MR) is 139 cm³/mol. The highest BCUT2D eigenvalue weighted by atomic mass is 35.5. The molecule has 4 rings (SSSR count). The highest BCUT2D eigenvalue weighted by Gasteiger charge is 2.30. The summed E-state index contributed by atoms with van der Waals surface area (Å²) in [6.07, 6.45) is 0.976. The molecule has 0 radical (unpaired) electrons. The summed E-state index contributed by atoms with van der Waals surface area (Å²) in [5.41, 5.74) is 0.305. The fraction of sp³-hybridized carbons (Fsp3) is 0.385. The largest absolute Gasteiger partial charge is 0.380 e. The van der Waals surface area contributed by atoms with Crippen LogP contribution in [0.1, 0.15) is 26.8 Å². The Morgan fingerprint density at radius 3 is 2.64 bits per heavy atom. The molecule has 0 N–H and O–H groups in total. The fourth-order valence-electron chi connectivity index (χ4n) is 4.56. The van der Waals surface area contributed by atoms with E-state index in [1.165, 1.54) is 16.7 Å². The second-order valence-electron chi connectivity index (χ2n) is 8.97. The van der Waals surface area contributed by atoms with Gasteiger partial charge in [-0.15, -0.1) is 0 Å². The third kappa shape index (κ3) is 4.60. The normalized spacial score (nSPS) is 17.8. The number of ether oxygens (including phenoxy) is 1. The van der Waals surface area contributed by atoms with Crippen molar-refractivity contribution >= 4 is 34.4 Å². The molecule has 36 heavy (non-hydrogen) atoms. The van der Waals surface area contributed by atoms with E-state index in [1.54, 1.807) is 36.3 Å². The molecular weight excluding hydrogens is 485 g/mol. The Kier molecular flexibility index (Phi) is 7.42. The third-order valence-corrected chi connectivity index (χ3v) is 7.09. The number of aromatic nitrogens is 3. The van der Waals surface area contributed by atoms with E-state index in [4.69, 9.17) is 21.3 Å². The number of benzene rings is 1. The smallest absolute Gasteiger partial charge is 0.351 e. The summed E-state index contributed by atoms with van der Waals surface area (Å²) in [5, 5.41) is 0.798. The standard InChI is InChI=1S/C26H29ClFN5O3/c1-6-22(34)31-11-12-32(15(2)14-31)24-19-13-20(27)23(18-9-7-8-10-21(18)28)29-25(19)33(26(35)30-24)16(3)17(4)36-5/h6-10,13,15-17H,1,11-12,14H2,2-5H3/t15-,16+,17?/m0/s1. The molecule has 2 aromatic heterocycles. The van der Waals surface area contributed by atoms with Crippen molar-refractivity contribution in [3.63, 3.8) is 0 Å². The number of amides is 1. The molecule has 1 aliphatic rings. The minimum Gasteiger partial charge on any atom is -0.380 e. The Morgan fingerprint density at radius 2 is 2.00 bits per heavy atom. The molecule has 3 heterocycles. The number of methoxy groups -OCH3 is 1. The van der Waals surface area contributed by atoms with E-state index >= 15 is 0 Å². The lowest BCUT2D eigenvalue weighted by Gasteiger charge is -2.40. The number of carbonyl (C=O) groups is 1. The first-order valence-corrected chi connectivity index (χ1v) is 12.1. The van der Waals surface area contributed by atoms with Crippen LogP contribution in [0.15, 0.2) is 47.8 Å². The zero-order chi connectivity index (χ0) is 26.1. The molecule has 1 unspecified atom stereocenters. The first kappa shape index (κ1) is 25.8. The van der Waals surface area contributed by atoms with E-state index in [9.17, 15) is 14.0 Å². The number of fused-ring (bicyclic) bond motifs is 1. The topological polar surface area (TPSA) is 80.6 Å². The lowest BCUT2D eigenvalue weighted by Crippen LogP contribution is -2.54. The molecule has 3 atom stereocenters. The second-order valence-corrected chi connectivity index (χ2v) is 9.38. The number of hydrogen-bond acceptors (Lipinski definition) is 6. The zero-order valence-corrected chi connectivity index (χ0v) is 21.5. The SMILES string of the molecule is C=CC(=O)N1CCN(c2nc(=O)n([C@H](C)C(C)OC)c3nc(-c4ccccc4F)c(Cl)cc23)[C@@H](C)C1. The van der Waals surface area contributed by atoms with E-state index in [0.717, 1.165) is 0 Å². The third-order valence-electron chi connectivity index (χ3n) is 6.81. The van der Waals surface area contributed by atoms with Gasteiger partial charge in [0, 0.05) is 38.3 Å².